The minimum atomic E-state index is -0.765. The van der Waals surface area contributed by atoms with Gasteiger partial charge in [-0.1, -0.05) is 35.5 Å². The lowest BCUT2D eigenvalue weighted by molar-refractivity contribution is -0.384. The van der Waals surface area contributed by atoms with Crippen molar-refractivity contribution in [3.63, 3.8) is 0 Å². The number of nitrogens with zero attached hydrogens (tertiary/aromatic N) is 3. The van der Waals surface area contributed by atoms with Gasteiger partial charge in [-0.25, -0.2) is 0 Å². The van der Waals surface area contributed by atoms with Crippen LogP contribution in [-0.4, -0.2) is 29.2 Å². The molecule has 1 amide bonds. The number of para-hydroxylation sites is 1. The molecule has 2 aromatic rings. The zero-order chi connectivity index (χ0) is 18.7. The molecule has 0 saturated carbocycles. The van der Waals surface area contributed by atoms with Crippen LogP contribution in [0.4, 0.5) is 11.4 Å². The van der Waals surface area contributed by atoms with Crippen LogP contribution in [0.25, 0.3) is 0 Å². The van der Waals surface area contributed by atoms with Crippen LogP contribution in [0.15, 0.2) is 53.7 Å². The molecule has 0 bridgehead atoms. The Labute approximate surface area is 151 Å². The fourth-order valence-electron chi connectivity index (χ4n) is 3.04. The van der Waals surface area contributed by atoms with E-state index in [0.717, 1.165) is 17.7 Å². The molecule has 26 heavy (non-hydrogen) atoms. The first kappa shape index (κ1) is 17.6. The van der Waals surface area contributed by atoms with Crippen LogP contribution >= 0.6 is 0 Å². The van der Waals surface area contributed by atoms with E-state index in [4.69, 9.17) is 4.84 Å². The average Bonchev–Trinajstić information content (AvgIpc) is 2.97. The molecular weight excluding hydrogens is 334 g/mol. The number of rotatable bonds is 5. The summed E-state index contributed by atoms with van der Waals surface area (Å²) in [7, 11) is 0. The zero-order valence-electron chi connectivity index (χ0n) is 14.5. The van der Waals surface area contributed by atoms with E-state index in [-0.39, 0.29) is 17.6 Å². The van der Waals surface area contributed by atoms with Gasteiger partial charge in [-0.3, -0.25) is 14.9 Å². The van der Waals surface area contributed by atoms with Crippen LogP contribution in [0.1, 0.15) is 25.0 Å². The van der Waals surface area contributed by atoms with Gasteiger partial charge in [0.2, 0.25) is 6.10 Å². The maximum absolute atomic E-state index is 12.7. The summed E-state index contributed by atoms with van der Waals surface area (Å²) in [6.07, 6.45) is 1.41. The van der Waals surface area contributed by atoms with Gasteiger partial charge in [0.1, 0.15) is 0 Å². The second-order valence-electron chi connectivity index (χ2n) is 6.22. The van der Waals surface area contributed by atoms with Crippen molar-refractivity contribution in [2.45, 2.75) is 32.4 Å². The summed E-state index contributed by atoms with van der Waals surface area (Å²) in [5.74, 6) is -0.168. The Balaban J connectivity index is 1.67. The van der Waals surface area contributed by atoms with E-state index in [1.54, 1.807) is 24.0 Å². The second-order valence-corrected chi connectivity index (χ2v) is 6.22. The van der Waals surface area contributed by atoms with Gasteiger partial charge >= 0.3 is 0 Å². The number of nitro benzene ring substituents is 1. The number of oxime groups is 1. The minimum Gasteiger partial charge on any atom is -0.383 e. The predicted octanol–water partition coefficient (Wildman–Crippen LogP) is 3.31. The number of carbonyl (C=O) groups is 1. The number of carbonyl (C=O) groups excluding carboxylic acids is 1. The molecule has 134 valence electrons. The van der Waals surface area contributed by atoms with E-state index in [9.17, 15) is 14.9 Å². The van der Waals surface area contributed by atoms with E-state index < -0.39 is 11.0 Å². The summed E-state index contributed by atoms with van der Waals surface area (Å²) in [5, 5.41) is 14.6. The number of hydrogen-bond acceptors (Lipinski definition) is 5. The Hall–Kier alpha value is -3.22. The summed E-state index contributed by atoms with van der Waals surface area (Å²) in [5.41, 5.74) is 2.54. The van der Waals surface area contributed by atoms with E-state index in [0.29, 0.717) is 5.56 Å². The molecular formula is C19H19N3O4. The molecule has 0 radical (unpaired) electrons. The van der Waals surface area contributed by atoms with Crippen molar-refractivity contribution in [3.8, 4) is 0 Å². The fraction of sp³-hybridized carbons (Fsp3) is 0.263. The number of fused-ring (bicyclic) bond motifs is 1. The zero-order valence-corrected chi connectivity index (χ0v) is 14.5. The first-order valence-corrected chi connectivity index (χ1v) is 8.32. The van der Waals surface area contributed by atoms with E-state index >= 15 is 0 Å². The average molecular weight is 353 g/mol. The summed E-state index contributed by atoms with van der Waals surface area (Å²) in [6, 6.07) is 13.9. The van der Waals surface area contributed by atoms with Crippen LogP contribution in [0.3, 0.4) is 0 Å². The first-order chi connectivity index (χ1) is 12.5. The SMILES string of the molecule is CC(ON=Cc1cccc([N+](=O)[O-])c1)C(=O)N1c2ccccc2CC1C. The molecule has 2 unspecified atom stereocenters. The topological polar surface area (TPSA) is 85.0 Å². The molecule has 2 atom stereocenters. The normalized spacial score (nSPS) is 17.2. The lowest BCUT2D eigenvalue weighted by Gasteiger charge is -2.24. The summed E-state index contributed by atoms with van der Waals surface area (Å²) < 4.78 is 0. The van der Waals surface area contributed by atoms with E-state index in [2.05, 4.69) is 5.16 Å². The third-order valence-electron chi connectivity index (χ3n) is 4.29. The predicted molar refractivity (Wildman–Crippen MR) is 98.3 cm³/mol. The second kappa shape index (κ2) is 7.35. The van der Waals surface area contributed by atoms with E-state index in [1.807, 2.05) is 31.2 Å². The summed E-state index contributed by atoms with van der Waals surface area (Å²) in [4.78, 5) is 30.1. The highest BCUT2D eigenvalue weighted by atomic mass is 16.6. The Kier molecular flexibility index (Phi) is 4.97. The molecule has 0 fully saturated rings. The molecule has 1 aliphatic heterocycles. The van der Waals surface area contributed by atoms with Crippen LogP contribution in [0.2, 0.25) is 0 Å². The maximum atomic E-state index is 12.7. The van der Waals surface area contributed by atoms with Gasteiger partial charge in [-0.05, 0) is 31.9 Å². The summed E-state index contributed by atoms with van der Waals surface area (Å²) in [6.45, 7) is 3.64. The van der Waals surface area contributed by atoms with Gasteiger partial charge in [-0.2, -0.15) is 0 Å². The highest BCUT2D eigenvalue weighted by molar-refractivity contribution is 5.98. The minimum absolute atomic E-state index is 0.0272. The number of amides is 1. The molecule has 3 rings (SSSR count). The fourth-order valence-corrected chi connectivity index (χ4v) is 3.04. The van der Waals surface area contributed by atoms with Crippen molar-refractivity contribution in [2.24, 2.45) is 5.16 Å². The smallest absolute Gasteiger partial charge is 0.270 e. The molecule has 0 aliphatic carbocycles. The molecule has 2 aromatic carbocycles. The summed E-state index contributed by atoms with van der Waals surface area (Å²) >= 11 is 0. The van der Waals surface area contributed by atoms with Gasteiger partial charge in [-0.15, -0.1) is 0 Å². The number of hydrogen-bond donors (Lipinski definition) is 0. The maximum Gasteiger partial charge on any atom is 0.270 e. The van der Waals surface area contributed by atoms with Crippen molar-refractivity contribution < 1.29 is 14.6 Å². The lowest BCUT2D eigenvalue weighted by atomic mass is 10.1. The number of benzene rings is 2. The van der Waals surface area contributed by atoms with Crippen molar-refractivity contribution >= 4 is 23.5 Å². The van der Waals surface area contributed by atoms with Crippen molar-refractivity contribution in [2.75, 3.05) is 4.90 Å². The molecule has 0 spiro atoms. The first-order valence-electron chi connectivity index (χ1n) is 8.32. The molecule has 1 aliphatic rings. The van der Waals surface area contributed by atoms with Crippen LogP contribution in [0.5, 0.6) is 0 Å². The Morgan fingerprint density at radius 2 is 2.12 bits per heavy atom. The number of anilines is 1. The highest BCUT2D eigenvalue weighted by Gasteiger charge is 2.33. The van der Waals surface area contributed by atoms with Crippen molar-refractivity contribution in [1.82, 2.24) is 0 Å². The Morgan fingerprint density at radius 1 is 1.35 bits per heavy atom. The van der Waals surface area contributed by atoms with Gasteiger partial charge in [0.25, 0.3) is 11.6 Å². The van der Waals surface area contributed by atoms with Crippen molar-refractivity contribution in [3.05, 3.63) is 69.8 Å². The van der Waals surface area contributed by atoms with Gasteiger partial charge in [0, 0.05) is 29.4 Å². The number of non-ortho nitro benzene ring substituents is 1. The molecule has 7 heteroatoms. The monoisotopic (exact) mass is 353 g/mol. The lowest BCUT2D eigenvalue weighted by Crippen LogP contribution is -2.42. The van der Waals surface area contributed by atoms with Crippen LogP contribution < -0.4 is 4.90 Å². The molecule has 0 N–H and O–H groups in total. The standard InChI is InChI=1S/C19H19N3O4/c1-13-10-16-7-3-4-9-18(16)21(13)19(23)14(2)26-20-12-15-6-5-8-17(11-15)22(24)25/h3-9,11-14H,10H2,1-2H3. The molecule has 1 heterocycles. The largest absolute Gasteiger partial charge is 0.383 e. The Bertz CT molecular complexity index is 865. The third-order valence-corrected chi connectivity index (χ3v) is 4.29. The quantitative estimate of drug-likeness (QED) is 0.469. The van der Waals surface area contributed by atoms with Crippen molar-refractivity contribution in [1.29, 1.82) is 0 Å². The van der Waals surface area contributed by atoms with Gasteiger partial charge < -0.3 is 9.74 Å². The van der Waals surface area contributed by atoms with E-state index in [1.165, 1.54) is 18.3 Å². The van der Waals surface area contributed by atoms with Crippen LogP contribution in [0, 0.1) is 10.1 Å². The molecule has 0 aromatic heterocycles. The molecule has 7 nitrogen and oxygen atoms in total. The Morgan fingerprint density at radius 3 is 2.88 bits per heavy atom. The van der Waals surface area contributed by atoms with Gasteiger partial charge in [0.05, 0.1) is 11.1 Å². The van der Waals surface area contributed by atoms with Crippen LogP contribution in [-0.2, 0) is 16.1 Å². The van der Waals surface area contributed by atoms with Gasteiger partial charge in [0.15, 0.2) is 0 Å². The molecule has 0 saturated heterocycles. The third kappa shape index (κ3) is 3.56. The number of nitro groups is 1. The highest BCUT2D eigenvalue weighted by Crippen LogP contribution is 2.32.